The highest BCUT2D eigenvalue weighted by atomic mass is 79.9. The Morgan fingerprint density at radius 2 is 1.89 bits per heavy atom. The molecule has 0 N–H and O–H groups in total. The molecule has 19 heavy (non-hydrogen) atoms. The van der Waals surface area contributed by atoms with Gasteiger partial charge in [0.05, 0.1) is 5.69 Å². The SMILES string of the molecule is Cc1nc(COc2c(F)cc(CBr)cc2F)sc1C. The van der Waals surface area contributed by atoms with Crippen LogP contribution in [0.1, 0.15) is 21.1 Å². The summed E-state index contributed by atoms with van der Waals surface area (Å²) in [6, 6.07) is 2.51. The van der Waals surface area contributed by atoms with E-state index in [1.807, 2.05) is 13.8 Å². The third kappa shape index (κ3) is 3.30. The fraction of sp³-hybridized carbons (Fsp3) is 0.308. The number of hydrogen-bond donors (Lipinski definition) is 0. The predicted molar refractivity (Wildman–Crippen MR) is 74.9 cm³/mol. The zero-order chi connectivity index (χ0) is 14.0. The van der Waals surface area contributed by atoms with Gasteiger partial charge < -0.3 is 4.74 Å². The molecule has 1 heterocycles. The van der Waals surface area contributed by atoms with Crippen molar-refractivity contribution in [2.75, 3.05) is 0 Å². The van der Waals surface area contributed by atoms with E-state index >= 15 is 0 Å². The monoisotopic (exact) mass is 347 g/mol. The Bertz CT molecular complexity index is 558. The highest BCUT2D eigenvalue weighted by molar-refractivity contribution is 9.08. The molecule has 0 saturated carbocycles. The second-order valence-corrected chi connectivity index (χ2v) is 5.91. The molecule has 0 spiro atoms. The molecule has 0 aliphatic heterocycles. The molecule has 0 atom stereocenters. The van der Waals surface area contributed by atoms with E-state index in [-0.39, 0.29) is 12.4 Å². The first-order valence-corrected chi connectivity index (χ1v) is 7.54. The highest BCUT2D eigenvalue weighted by Crippen LogP contribution is 2.26. The number of halogens is 3. The number of aromatic nitrogens is 1. The minimum Gasteiger partial charge on any atom is -0.480 e. The quantitative estimate of drug-likeness (QED) is 0.759. The highest BCUT2D eigenvalue weighted by Gasteiger charge is 2.13. The van der Waals surface area contributed by atoms with Crippen LogP contribution in [0.2, 0.25) is 0 Å². The number of aryl methyl sites for hydroxylation is 2. The fourth-order valence-corrected chi connectivity index (χ4v) is 2.73. The number of benzene rings is 1. The number of ether oxygens (including phenoxy) is 1. The van der Waals surface area contributed by atoms with Crippen molar-refractivity contribution >= 4 is 27.3 Å². The summed E-state index contributed by atoms with van der Waals surface area (Å²) in [6.07, 6.45) is 0. The molecule has 2 nitrogen and oxygen atoms in total. The van der Waals surface area contributed by atoms with Gasteiger partial charge in [-0.15, -0.1) is 11.3 Å². The van der Waals surface area contributed by atoms with Gasteiger partial charge >= 0.3 is 0 Å². The van der Waals surface area contributed by atoms with E-state index in [0.29, 0.717) is 15.9 Å². The Labute approximate surface area is 122 Å². The number of hydrogen-bond acceptors (Lipinski definition) is 3. The molecule has 0 bridgehead atoms. The fourth-order valence-electron chi connectivity index (χ4n) is 1.56. The summed E-state index contributed by atoms with van der Waals surface area (Å²) < 4.78 is 32.6. The van der Waals surface area contributed by atoms with Crippen LogP contribution in [0.4, 0.5) is 8.78 Å². The lowest BCUT2D eigenvalue weighted by molar-refractivity contribution is 0.273. The van der Waals surface area contributed by atoms with Crippen molar-refractivity contribution in [3.05, 3.63) is 44.9 Å². The van der Waals surface area contributed by atoms with Crippen LogP contribution in [-0.2, 0) is 11.9 Å². The van der Waals surface area contributed by atoms with E-state index in [0.717, 1.165) is 10.6 Å². The molecule has 0 amide bonds. The van der Waals surface area contributed by atoms with Crippen molar-refractivity contribution in [3.63, 3.8) is 0 Å². The topological polar surface area (TPSA) is 22.1 Å². The molecule has 102 valence electrons. The van der Waals surface area contributed by atoms with Crippen LogP contribution in [0.25, 0.3) is 0 Å². The van der Waals surface area contributed by atoms with E-state index in [1.165, 1.54) is 23.5 Å². The normalized spacial score (nSPS) is 10.8. The summed E-state index contributed by atoms with van der Waals surface area (Å²) in [5, 5.41) is 1.10. The molecule has 0 radical (unpaired) electrons. The molecule has 1 aromatic carbocycles. The van der Waals surface area contributed by atoms with Crippen molar-refractivity contribution in [1.29, 1.82) is 0 Å². The van der Waals surface area contributed by atoms with Crippen LogP contribution in [0.5, 0.6) is 5.75 Å². The molecule has 6 heteroatoms. The van der Waals surface area contributed by atoms with Gasteiger partial charge in [0.2, 0.25) is 0 Å². The largest absolute Gasteiger partial charge is 0.480 e. The maximum atomic E-state index is 13.7. The first-order chi connectivity index (χ1) is 9.01. The number of nitrogens with zero attached hydrogens (tertiary/aromatic N) is 1. The van der Waals surface area contributed by atoms with Crippen molar-refractivity contribution in [2.45, 2.75) is 25.8 Å². The van der Waals surface area contributed by atoms with Crippen LogP contribution in [0.15, 0.2) is 12.1 Å². The van der Waals surface area contributed by atoms with Gasteiger partial charge in [0, 0.05) is 10.2 Å². The second kappa shape index (κ2) is 5.96. The molecular formula is C13H12BrF2NOS. The second-order valence-electron chi connectivity index (χ2n) is 4.06. The minimum absolute atomic E-state index is 0.0703. The number of thiazole rings is 1. The maximum Gasteiger partial charge on any atom is 0.191 e. The van der Waals surface area contributed by atoms with Crippen LogP contribution < -0.4 is 4.74 Å². The Hall–Kier alpha value is -1.01. The Morgan fingerprint density at radius 1 is 1.26 bits per heavy atom. The third-order valence-electron chi connectivity index (χ3n) is 2.63. The van der Waals surface area contributed by atoms with E-state index in [4.69, 9.17) is 4.74 Å². The standard InChI is InChI=1S/C13H12BrF2NOS/c1-7-8(2)19-12(17-7)6-18-13-10(15)3-9(5-14)4-11(13)16/h3-4H,5-6H2,1-2H3. The van der Waals surface area contributed by atoms with Crippen LogP contribution in [-0.4, -0.2) is 4.98 Å². The molecular weight excluding hydrogens is 336 g/mol. The summed E-state index contributed by atoms with van der Waals surface area (Å²) in [6.45, 7) is 3.91. The summed E-state index contributed by atoms with van der Waals surface area (Å²) >= 11 is 4.62. The lowest BCUT2D eigenvalue weighted by Crippen LogP contribution is -2.00. The molecule has 0 aliphatic carbocycles. The van der Waals surface area contributed by atoms with Crippen LogP contribution in [0, 0.1) is 25.5 Å². The molecule has 0 aliphatic rings. The van der Waals surface area contributed by atoms with Gasteiger partial charge in [-0.1, -0.05) is 15.9 Å². The van der Waals surface area contributed by atoms with Crippen LogP contribution >= 0.6 is 27.3 Å². The summed E-state index contributed by atoms with van der Waals surface area (Å²) in [7, 11) is 0. The average Bonchev–Trinajstić information content (AvgIpc) is 2.67. The lowest BCUT2D eigenvalue weighted by atomic mass is 10.2. The van der Waals surface area contributed by atoms with Crippen LogP contribution in [0.3, 0.4) is 0 Å². The molecule has 2 aromatic rings. The van der Waals surface area contributed by atoms with Gasteiger partial charge in [-0.05, 0) is 31.5 Å². The van der Waals surface area contributed by atoms with Gasteiger partial charge in [0.25, 0.3) is 0 Å². The zero-order valence-electron chi connectivity index (χ0n) is 10.5. The van der Waals surface area contributed by atoms with Gasteiger partial charge in [-0.25, -0.2) is 13.8 Å². The Kier molecular flexibility index (Phi) is 4.52. The first kappa shape index (κ1) is 14.4. The van der Waals surface area contributed by atoms with E-state index in [1.54, 1.807) is 0 Å². The van der Waals surface area contributed by atoms with Crippen molar-refractivity contribution in [1.82, 2.24) is 4.98 Å². The molecule has 2 rings (SSSR count). The Morgan fingerprint density at radius 3 is 2.37 bits per heavy atom. The smallest absolute Gasteiger partial charge is 0.191 e. The average molecular weight is 348 g/mol. The lowest BCUT2D eigenvalue weighted by Gasteiger charge is -2.08. The first-order valence-electron chi connectivity index (χ1n) is 5.61. The molecule has 0 fully saturated rings. The third-order valence-corrected chi connectivity index (χ3v) is 4.32. The van der Waals surface area contributed by atoms with E-state index < -0.39 is 11.6 Å². The Balaban J connectivity index is 2.15. The van der Waals surface area contributed by atoms with Gasteiger partial charge in [0.1, 0.15) is 11.6 Å². The van der Waals surface area contributed by atoms with Gasteiger partial charge in [-0.3, -0.25) is 0 Å². The summed E-state index contributed by atoms with van der Waals surface area (Å²) in [4.78, 5) is 5.34. The number of rotatable bonds is 4. The predicted octanol–water partition coefficient (Wildman–Crippen LogP) is 4.51. The molecule has 0 saturated heterocycles. The number of alkyl halides is 1. The van der Waals surface area contributed by atoms with Crippen molar-refractivity contribution in [3.8, 4) is 5.75 Å². The van der Waals surface area contributed by atoms with Gasteiger partial charge in [-0.2, -0.15) is 0 Å². The maximum absolute atomic E-state index is 13.7. The summed E-state index contributed by atoms with van der Waals surface area (Å²) in [5.74, 6) is -1.74. The van der Waals surface area contributed by atoms with E-state index in [2.05, 4.69) is 20.9 Å². The molecule has 1 aromatic heterocycles. The van der Waals surface area contributed by atoms with Crippen molar-refractivity contribution in [2.24, 2.45) is 0 Å². The zero-order valence-corrected chi connectivity index (χ0v) is 12.9. The molecule has 0 unspecified atom stereocenters. The van der Waals surface area contributed by atoms with Gasteiger partial charge in [0.15, 0.2) is 17.4 Å². The summed E-state index contributed by atoms with van der Waals surface area (Å²) in [5.41, 5.74) is 1.45. The minimum atomic E-state index is -0.695. The van der Waals surface area contributed by atoms with Crippen molar-refractivity contribution < 1.29 is 13.5 Å². The van der Waals surface area contributed by atoms with E-state index in [9.17, 15) is 8.78 Å².